The van der Waals surface area contributed by atoms with Gasteiger partial charge in [0, 0.05) is 45.3 Å². The number of hydrogen-bond acceptors (Lipinski definition) is 5. The van der Waals surface area contributed by atoms with Crippen molar-refractivity contribution >= 4 is 39.7 Å². The second-order valence-electron chi connectivity index (χ2n) is 6.66. The van der Waals surface area contributed by atoms with Crippen molar-refractivity contribution in [3.8, 4) is 11.1 Å². The molecule has 0 amide bonds. The summed E-state index contributed by atoms with van der Waals surface area (Å²) in [6.45, 7) is 0. The van der Waals surface area contributed by atoms with E-state index in [-0.39, 0.29) is 16.8 Å². The van der Waals surface area contributed by atoms with Gasteiger partial charge in [0.1, 0.15) is 5.69 Å². The Labute approximate surface area is 172 Å². The quantitative estimate of drug-likeness (QED) is 0.395. The second kappa shape index (κ2) is 6.50. The van der Waals surface area contributed by atoms with Crippen LogP contribution >= 0.6 is 11.6 Å². The maximum atomic E-state index is 13.0. The molecule has 0 saturated heterocycles. The highest BCUT2D eigenvalue weighted by Crippen LogP contribution is 2.43. The number of ketones is 1. The third-order valence-corrected chi connectivity index (χ3v) is 5.04. The first-order valence-corrected chi connectivity index (χ1v) is 9.14. The maximum absolute atomic E-state index is 13.0. The number of fused-ring (bicyclic) bond motifs is 5. The number of carbonyl (C=O) groups is 1. The van der Waals surface area contributed by atoms with Gasteiger partial charge in [0.15, 0.2) is 0 Å². The van der Waals surface area contributed by atoms with E-state index in [0.29, 0.717) is 27.2 Å². The molecular weight excluding hydrogens is 417 g/mol. The van der Waals surface area contributed by atoms with Gasteiger partial charge in [0.2, 0.25) is 11.6 Å². The number of aromatic nitrogens is 3. The summed E-state index contributed by atoms with van der Waals surface area (Å²) >= 11 is 5.93. The zero-order chi connectivity index (χ0) is 21.0. The largest absolute Gasteiger partial charge is 0.451 e. The summed E-state index contributed by atoms with van der Waals surface area (Å²) in [6.07, 6.45) is -2.33. The van der Waals surface area contributed by atoms with E-state index in [0.717, 1.165) is 11.9 Å². The Morgan fingerprint density at radius 3 is 2.40 bits per heavy atom. The zero-order valence-corrected chi connectivity index (χ0v) is 15.7. The summed E-state index contributed by atoms with van der Waals surface area (Å²) in [7, 11) is 0. The average Bonchev–Trinajstić information content (AvgIpc) is 3.01. The molecule has 5 rings (SSSR count). The molecule has 1 N–H and O–H groups in total. The van der Waals surface area contributed by atoms with Crippen LogP contribution in [0.25, 0.3) is 22.0 Å². The lowest BCUT2D eigenvalue weighted by Crippen LogP contribution is -2.13. The molecule has 9 heteroatoms. The average molecular weight is 427 g/mol. The number of halogens is 4. The topological polar surface area (TPSA) is 67.8 Å². The standard InChI is InChI=1S/C21H10ClF3N4O/c22-10-4-6-11(7-5-10)28-15-3-1-2-14-17(15)16-12-8-27-20(21(23,24)25)29-18(12)19(30)13(16)9-26-14/h1-9,28H. The van der Waals surface area contributed by atoms with Crippen LogP contribution < -0.4 is 5.32 Å². The van der Waals surface area contributed by atoms with E-state index >= 15 is 0 Å². The molecule has 0 spiro atoms. The molecule has 2 aromatic heterocycles. The lowest BCUT2D eigenvalue weighted by atomic mass is 10.0. The fourth-order valence-electron chi connectivity index (χ4n) is 3.49. The van der Waals surface area contributed by atoms with Gasteiger partial charge in [0.05, 0.1) is 11.1 Å². The lowest BCUT2D eigenvalue weighted by Gasteiger charge is -2.13. The summed E-state index contributed by atoms with van der Waals surface area (Å²) in [6, 6.07) is 12.4. The predicted molar refractivity (Wildman–Crippen MR) is 106 cm³/mol. The number of anilines is 2. The summed E-state index contributed by atoms with van der Waals surface area (Å²) in [4.78, 5) is 24.0. The van der Waals surface area contributed by atoms with Crippen molar-refractivity contribution in [3.05, 3.63) is 77.0 Å². The maximum Gasteiger partial charge on any atom is 0.451 e. The Morgan fingerprint density at radius 2 is 1.67 bits per heavy atom. The number of hydrogen-bond donors (Lipinski definition) is 1. The Balaban J connectivity index is 1.73. The van der Waals surface area contributed by atoms with Crippen molar-refractivity contribution < 1.29 is 18.0 Å². The number of carbonyl (C=O) groups excluding carboxylic acids is 1. The molecule has 4 aromatic rings. The Bertz CT molecular complexity index is 1340. The van der Waals surface area contributed by atoms with Crippen LogP contribution in [0.3, 0.4) is 0 Å². The normalized spacial score (nSPS) is 12.7. The van der Waals surface area contributed by atoms with Gasteiger partial charge in [-0.25, -0.2) is 9.97 Å². The van der Waals surface area contributed by atoms with Crippen molar-refractivity contribution in [3.63, 3.8) is 0 Å². The van der Waals surface area contributed by atoms with Gasteiger partial charge in [-0.1, -0.05) is 17.7 Å². The molecule has 5 nitrogen and oxygen atoms in total. The van der Waals surface area contributed by atoms with E-state index in [4.69, 9.17) is 11.6 Å². The van der Waals surface area contributed by atoms with E-state index in [2.05, 4.69) is 20.3 Å². The molecule has 0 unspecified atom stereocenters. The van der Waals surface area contributed by atoms with Crippen LogP contribution in [0.4, 0.5) is 24.5 Å². The molecule has 0 radical (unpaired) electrons. The van der Waals surface area contributed by atoms with Gasteiger partial charge in [-0.3, -0.25) is 9.78 Å². The fourth-order valence-corrected chi connectivity index (χ4v) is 3.62. The molecule has 2 heterocycles. The molecule has 148 valence electrons. The van der Waals surface area contributed by atoms with Crippen molar-refractivity contribution in [1.82, 2.24) is 15.0 Å². The number of nitrogens with one attached hydrogen (secondary N) is 1. The zero-order valence-electron chi connectivity index (χ0n) is 15.0. The number of pyridine rings is 1. The molecule has 1 aliphatic carbocycles. The molecule has 2 aromatic carbocycles. The van der Waals surface area contributed by atoms with Crippen LogP contribution in [0.5, 0.6) is 0 Å². The monoisotopic (exact) mass is 426 g/mol. The van der Waals surface area contributed by atoms with Crippen molar-refractivity contribution in [2.45, 2.75) is 6.18 Å². The van der Waals surface area contributed by atoms with E-state index < -0.39 is 17.8 Å². The van der Waals surface area contributed by atoms with Crippen LogP contribution in [0.2, 0.25) is 5.02 Å². The molecule has 0 saturated carbocycles. The summed E-state index contributed by atoms with van der Waals surface area (Å²) < 4.78 is 39.1. The van der Waals surface area contributed by atoms with E-state index in [1.165, 1.54) is 6.20 Å². The summed E-state index contributed by atoms with van der Waals surface area (Å²) in [5, 5.41) is 4.43. The fraction of sp³-hybridized carbons (Fsp3) is 0.0476. The van der Waals surface area contributed by atoms with E-state index in [1.807, 2.05) is 0 Å². The highest BCUT2D eigenvalue weighted by molar-refractivity contribution is 6.30. The van der Waals surface area contributed by atoms with Crippen molar-refractivity contribution in [2.75, 3.05) is 5.32 Å². The van der Waals surface area contributed by atoms with Crippen LogP contribution in [0, 0.1) is 0 Å². The summed E-state index contributed by atoms with van der Waals surface area (Å²) in [5.74, 6) is -1.96. The van der Waals surface area contributed by atoms with Crippen LogP contribution in [0.15, 0.2) is 54.9 Å². The Kier molecular flexibility index (Phi) is 4.01. The number of nitrogens with zero attached hydrogens (tertiary/aromatic N) is 3. The van der Waals surface area contributed by atoms with Gasteiger partial charge in [-0.05, 0) is 36.4 Å². The van der Waals surface area contributed by atoms with E-state index in [1.54, 1.807) is 42.5 Å². The molecule has 1 aliphatic rings. The SMILES string of the molecule is O=C1c2cnc3cccc(Nc4ccc(Cl)cc4)c3c2-c2cnc(C(F)(F)F)nc21. The first kappa shape index (κ1) is 18.5. The third kappa shape index (κ3) is 2.88. The molecular formula is C21H10ClF3N4O. The second-order valence-corrected chi connectivity index (χ2v) is 7.10. The van der Waals surface area contributed by atoms with Gasteiger partial charge in [-0.2, -0.15) is 13.2 Å². The highest BCUT2D eigenvalue weighted by Gasteiger charge is 2.39. The first-order valence-electron chi connectivity index (χ1n) is 8.76. The van der Waals surface area contributed by atoms with Crippen LogP contribution in [-0.4, -0.2) is 20.7 Å². The van der Waals surface area contributed by atoms with Gasteiger partial charge in [-0.15, -0.1) is 0 Å². The minimum atomic E-state index is -4.74. The third-order valence-electron chi connectivity index (χ3n) is 4.79. The minimum Gasteiger partial charge on any atom is -0.355 e. The molecule has 30 heavy (non-hydrogen) atoms. The van der Waals surface area contributed by atoms with Gasteiger partial charge >= 0.3 is 6.18 Å². The van der Waals surface area contributed by atoms with Crippen molar-refractivity contribution in [1.29, 1.82) is 0 Å². The Hall–Kier alpha value is -3.52. The van der Waals surface area contributed by atoms with Gasteiger partial charge < -0.3 is 5.32 Å². The van der Waals surface area contributed by atoms with E-state index in [9.17, 15) is 18.0 Å². The smallest absolute Gasteiger partial charge is 0.355 e. The summed E-state index contributed by atoms with van der Waals surface area (Å²) in [5.41, 5.74) is 2.59. The lowest BCUT2D eigenvalue weighted by molar-refractivity contribution is -0.145. The molecule has 0 bridgehead atoms. The number of benzene rings is 2. The minimum absolute atomic E-state index is 0.191. The Morgan fingerprint density at radius 1 is 0.933 bits per heavy atom. The first-order chi connectivity index (χ1) is 14.3. The molecule has 0 fully saturated rings. The van der Waals surface area contributed by atoms with Crippen LogP contribution in [-0.2, 0) is 6.18 Å². The molecule has 0 atom stereocenters. The number of alkyl halides is 3. The molecule has 0 aliphatic heterocycles. The van der Waals surface area contributed by atoms with Gasteiger partial charge in [0.25, 0.3) is 0 Å². The highest BCUT2D eigenvalue weighted by atomic mass is 35.5. The van der Waals surface area contributed by atoms with Crippen molar-refractivity contribution in [2.24, 2.45) is 0 Å². The van der Waals surface area contributed by atoms with Crippen LogP contribution in [0.1, 0.15) is 21.9 Å². The number of rotatable bonds is 2. The predicted octanol–water partition coefficient (Wildman–Crippen LogP) is 5.65.